The summed E-state index contributed by atoms with van der Waals surface area (Å²) in [5.74, 6) is 1.41. The number of aromatic nitrogens is 5. The lowest BCUT2D eigenvalue weighted by Crippen LogP contribution is -2.38. The van der Waals surface area contributed by atoms with Gasteiger partial charge in [0, 0.05) is 24.4 Å². The highest BCUT2D eigenvalue weighted by atomic mass is 19.1. The number of imidazole rings is 1. The maximum atomic E-state index is 15.4. The Bertz CT molecular complexity index is 1570. The van der Waals surface area contributed by atoms with E-state index in [1.807, 2.05) is 30.8 Å². The highest BCUT2D eigenvalue weighted by Gasteiger charge is 2.37. The molecule has 1 amide bonds. The van der Waals surface area contributed by atoms with Crippen molar-refractivity contribution >= 4 is 17.6 Å². The van der Waals surface area contributed by atoms with Gasteiger partial charge in [-0.25, -0.2) is 14.2 Å². The summed E-state index contributed by atoms with van der Waals surface area (Å²) < 4.78 is 37.0. The fourth-order valence-corrected chi connectivity index (χ4v) is 5.08. The van der Waals surface area contributed by atoms with Gasteiger partial charge in [-0.05, 0) is 45.4 Å². The smallest absolute Gasteiger partial charge is 0.416 e. The minimum atomic E-state index is -0.783. The average molecular weight is 521 g/mol. The number of ether oxygens (including phenoxy) is 3. The number of aryl methyl sites for hydroxylation is 2. The van der Waals surface area contributed by atoms with Crippen molar-refractivity contribution in [2.75, 3.05) is 18.1 Å². The van der Waals surface area contributed by atoms with E-state index in [0.29, 0.717) is 52.1 Å². The summed E-state index contributed by atoms with van der Waals surface area (Å²) in [7, 11) is 1.92. The van der Waals surface area contributed by atoms with E-state index in [9.17, 15) is 4.79 Å². The number of fused-ring (bicyclic) bond motifs is 3. The molecule has 0 spiro atoms. The van der Waals surface area contributed by atoms with Crippen molar-refractivity contribution in [2.45, 2.75) is 52.2 Å². The van der Waals surface area contributed by atoms with Crippen LogP contribution in [0.4, 0.5) is 15.0 Å². The molecule has 5 heterocycles. The van der Waals surface area contributed by atoms with E-state index in [0.717, 1.165) is 12.1 Å². The summed E-state index contributed by atoms with van der Waals surface area (Å²) in [5, 5.41) is 8.51. The topological polar surface area (TPSA) is 96.0 Å². The Morgan fingerprint density at radius 1 is 1.21 bits per heavy atom. The predicted molar refractivity (Wildman–Crippen MR) is 137 cm³/mol. The first-order valence-corrected chi connectivity index (χ1v) is 12.6. The summed E-state index contributed by atoms with van der Waals surface area (Å²) >= 11 is 0. The number of nitrogens with zero attached hydrogens (tertiary/aromatic N) is 6. The molecule has 38 heavy (non-hydrogen) atoms. The average Bonchev–Trinajstić information content (AvgIpc) is 3.59. The van der Waals surface area contributed by atoms with Gasteiger partial charge in [-0.2, -0.15) is 0 Å². The largest absolute Gasteiger partial charge is 0.493 e. The highest BCUT2D eigenvalue weighted by Crippen LogP contribution is 2.44. The van der Waals surface area contributed by atoms with Gasteiger partial charge in [-0.3, -0.25) is 9.30 Å². The van der Waals surface area contributed by atoms with Crippen LogP contribution in [0.3, 0.4) is 0 Å². The molecule has 0 bridgehead atoms. The van der Waals surface area contributed by atoms with Crippen molar-refractivity contribution < 1.29 is 23.4 Å². The predicted octanol–water partition coefficient (Wildman–Crippen LogP) is 4.64. The Hall–Kier alpha value is -4.15. The highest BCUT2D eigenvalue weighted by molar-refractivity contribution is 5.91. The number of amides is 1. The minimum Gasteiger partial charge on any atom is -0.493 e. The van der Waals surface area contributed by atoms with Crippen molar-refractivity contribution in [1.29, 1.82) is 0 Å². The maximum absolute atomic E-state index is 15.4. The zero-order chi connectivity index (χ0) is 26.8. The third kappa shape index (κ3) is 3.93. The summed E-state index contributed by atoms with van der Waals surface area (Å²) in [4.78, 5) is 19.9. The first-order valence-electron chi connectivity index (χ1n) is 12.6. The second-order valence-electron chi connectivity index (χ2n) is 10.6. The third-order valence-corrected chi connectivity index (χ3v) is 6.78. The number of carbonyl (C=O) groups is 1. The lowest BCUT2D eigenvalue weighted by molar-refractivity contribution is 0.0574. The zero-order valence-electron chi connectivity index (χ0n) is 22.0. The molecule has 0 N–H and O–H groups in total. The second-order valence-corrected chi connectivity index (χ2v) is 10.6. The van der Waals surface area contributed by atoms with Gasteiger partial charge in [0.05, 0.1) is 36.9 Å². The van der Waals surface area contributed by atoms with Crippen LogP contribution in [0.2, 0.25) is 0 Å². The van der Waals surface area contributed by atoms with Crippen LogP contribution in [0.5, 0.6) is 11.5 Å². The van der Waals surface area contributed by atoms with Crippen LogP contribution in [-0.4, -0.2) is 49.1 Å². The molecule has 11 heteroatoms. The van der Waals surface area contributed by atoms with Gasteiger partial charge in [0.1, 0.15) is 29.3 Å². The van der Waals surface area contributed by atoms with Crippen LogP contribution >= 0.6 is 0 Å². The summed E-state index contributed by atoms with van der Waals surface area (Å²) in [6, 6.07) is 4.81. The fourth-order valence-electron chi connectivity index (χ4n) is 5.08. The van der Waals surface area contributed by atoms with Gasteiger partial charge in [0.2, 0.25) is 0 Å². The molecule has 2 aliphatic heterocycles. The van der Waals surface area contributed by atoms with E-state index in [2.05, 4.69) is 10.2 Å². The number of rotatable bonds is 2. The molecule has 0 saturated carbocycles. The van der Waals surface area contributed by atoms with Gasteiger partial charge in [-0.1, -0.05) is 6.92 Å². The molecular formula is C27H29FN6O4. The number of halogens is 1. The molecule has 10 nitrogen and oxygen atoms in total. The third-order valence-electron chi connectivity index (χ3n) is 6.78. The molecule has 0 saturated heterocycles. The van der Waals surface area contributed by atoms with E-state index < -0.39 is 17.5 Å². The van der Waals surface area contributed by atoms with Crippen LogP contribution in [0.15, 0.2) is 30.7 Å². The number of pyridine rings is 1. The molecule has 2 aliphatic rings. The maximum Gasteiger partial charge on any atom is 0.416 e. The normalized spacial score (nSPS) is 16.7. The summed E-state index contributed by atoms with van der Waals surface area (Å²) in [6.07, 6.45) is 3.61. The number of carbonyl (C=O) groups excluding carboxylic acids is 1. The summed E-state index contributed by atoms with van der Waals surface area (Å²) in [6.45, 7) is 7.89. The van der Waals surface area contributed by atoms with Crippen LogP contribution < -0.4 is 14.4 Å². The molecule has 4 aromatic rings. The van der Waals surface area contributed by atoms with Crippen molar-refractivity contribution in [1.82, 2.24) is 24.1 Å². The van der Waals surface area contributed by atoms with Crippen LogP contribution in [0, 0.1) is 5.82 Å². The van der Waals surface area contributed by atoms with Crippen LogP contribution in [-0.2, 0) is 24.8 Å². The van der Waals surface area contributed by atoms with Gasteiger partial charge in [0.15, 0.2) is 17.2 Å². The summed E-state index contributed by atoms with van der Waals surface area (Å²) in [5.41, 5.74) is 2.41. The van der Waals surface area contributed by atoms with Crippen LogP contribution in [0.1, 0.15) is 50.4 Å². The zero-order valence-corrected chi connectivity index (χ0v) is 22.0. The van der Waals surface area contributed by atoms with Gasteiger partial charge in [-0.15, -0.1) is 10.2 Å². The van der Waals surface area contributed by atoms with Crippen molar-refractivity contribution in [2.24, 2.45) is 7.05 Å². The standard InChI is InChI=1S/C27H29FN6O4/c1-6-16-10-32(5)23(30-16)17-9-21-25(34-14-29-31-24(17)34)33(26(35)38-27(2,3)4)11-18-19(28)7-8-20-22(18)15(12-36-20)13-37-21/h7-10,14-15H,6,11-13H2,1-5H3. The van der Waals surface area contributed by atoms with E-state index >= 15 is 4.39 Å². The number of hydrogen-bond acceptors (Lipinski definition) is 7. The minimum absolute atomic E-state index is 0.0881. The Kier molecular flexibility index (Phi) is 5.55. The fraction of sp³-hybridized carbons (Fsp3) is 0.407. The Morgan fingerprint density at radius 2 is 1.97 bits per heavy atom. The second kappa shape index (κ2) is 8.71. The molecule has 0 aliphatic carbocycles. The molecule has 0 fully saturated rings. The number of anilines is 1. The molecular weight excluding hydrogens is 491 g/mol. The van der Waals surface area contributed by atoms with E-state index in [1.54, 1.807) is 31.2 Å². The molecule has 1 atom stereocenters. The van der Waals surface area contributed by atoms with E-state index in [4.69, 9.17) is 19.2 Å². The van der Waals surface area contributed by atoms with Crippen molar-refractivity contribution in [3.8, 4) is 22.9 Å². The van der Waals surface area contributed by atoms with Gasteiger partial charge < -0.3 is 18.8 Å². The Morgan fingerprint density at radius 3 is 2.68 bits per heavy atom. The van der Waals surface area contributed by atoms with Crippen molar-refractivity contribution in [3.05, 3.63) is 53.4 Å². The van der Waals surface area contributed by atoms with Crippen molar-refractivity contribution in [3.63, 3.8) is 0 Å². The van der Waals surface area contributed by atoms with E-state index in [-0.39, 0.29) is 19.1 Å². The number of benzene rings is 1. The SMILES string of the molecule is CCc1cn(C)c(-c2cc3c(n4cnnc24)N(C(=O)OC(C)(C)C)Cc2c(F)ccc4c2C(CO4)CO3)n1. The Labute approximate surface area is 219 Å². The molecule has 198 valence electrons. The molecule has 0 radical (unpaired) electrons. The molecule has 1 unspecified atom stereocenters. The van der Waals surface area contributed by atoms with E-state index in [1.165, 1.54) is 17.3 Å². The monoisotopic (exact) mass is 520 g/mol. The van der Waals surface area contributed by atoms with Crippen LogP contribution in [0.25, 0.3) is 17.0 Å². The lowest BCUT2D eigenvalue weighted by Gasteiger charge is -2.29. The first-order chi connectivity index (χ1) is 18.1. The molecule has 3 aromatic heterocycles. The first kappa shape index (κ1) is 24.2. The molecule has 1 aromatic carbocycles. The molecule has 6 rings (SSSR count). The van der Waals surface area contributed by atoms with Gasteiger partial charge >= 0.3 is 6.09 Å². The lowest BCUT2D eigenvalue weighted by atomic mass is 9.95. The Balaban J connectivity index is 1.60. The van der Waals surface area contributed by atoms with Gasteiger partial charge in [0.25, 0.3) is 0 Å². The quantitative estimate of drug-likeness (QED) is 0.380. The number of hydrogen-bond donors (Lipinski definition) is 0.